The number of benzene rings is 1. The Labute approximate surface area is 102 Å². The lowest BCUT2D eigenvalue weighted by atomic mass is 10.1. The molecule has 1 rings (SSSR count). The van der Waals surface area contributed by atoms with Crippen LogP contribution in [0.1, 0.15) is 36.5 Å². The minimum atomic E-state index is -0.366. The molecule has 0 saturated carbocycles. The average molecular weight is 236 g/mol. The molecule has 0 fully saturated rings. The Morgan fingerprint density at radius 1 is 1.41 bits per heavy atom. The number of methoxy groups -OCH3 is 1. The van der Waals surface area contributed by atoms with E-state index in [-0.39, 0.29) is 5.97 Å². The van der Waals surface area contributed by atoms with E-state index >= 15 is 0 Å². The summed E-state index contributed by atoms with van der Waals surface area (Å²) < 4.78 is 4.63. The quantitative estimate of drug-likeness (QED) is 0.453. The molecule has 0 unspecified atom stereocenters. The van der Waals surface area contributed by atoms with Gasteiger partial charge in [0.25, 0.3) is 0 Å². The van der Waals surface area contributed by atoms with Crippen LogP contribution in [0.2, 0.25) is 0 Å². The number of hydrogen-bond acceptors (Lipinski definition) is 4. The molecule has 4 heteroatoms. The molecule has 0 aliphatic rings. The molecule has 1 aromatic rings. The molecular formula is C13H20N2O2. The van der Waals surface area contributed by atoms with Crippen LogP contribution < -0.4 is 11.1 Å². The first kappa shape index (κ1) is 13.4. The van der Waals surface area contributed by atoms with E-state index in [0.29, 0.717) is 11.3 Å². The Balaban J connectivity index is 2.60. The molecule has 0 aliphatic heterocycles. The van der Waals surface area contributed by atoms with E-state index in [1.54, 1.807) is 12.1 Å². The number of anilines is 2. The molecule has 0 amide bonds. The molecule has 0 saturated heterocycles. The van der Waals surface area contributed by atoms with Crippen molar-refractivity contribution in [1.29, 1.82) is 0 Å². The summed E-state index contributed by atoms with van der Waals surface area (Å²) in [6.45, 7) is 3.06. The molecule has 17 heavy (non-hydrogen) atoms. The summed E-state index contributed by atoms with van der Waals surface area (Å²) in [6.07, 6.45) is 3.51. The first-order valence-corrected chi connectivity index (χ1v) is 5.90. The number of hydrogen-bond donors (Lipinski definition) is 2. The normalized spacial score (nSPS) is 10.0. The van der Waals surface area contributed by atoms with Crippen molar-refractivity contribution in [1.82, 2.24) is 0 Å². The van der Waals surface area contributed by atoms with Crippen molar-refractivity contribution in [3.05, 3.63) is 23.8 Å². The molecule has 0 spiro atoms. The third-order valence-electron chi connectivity index (χ3n) is 2.57. The Morgan fingerprint density at radius 3 is 2.76 bits per heavy atom. The van der Waals surface area contributed by atoms with Gasteiger partial charge < -0.3 is 15.8 Å². The number of ether oxygens (including phenoxy) is 1. The third-order valence-corrected chi connectivity index (χ3v) is 2.57. The van der Waals surface area contributed by atoms with E-state index < -0.39 is 0 Å². The highest BCUT2D eigenvalue weighted by atomic mass is 16.5. The lowest BCUT2D eigenvalue weighted by Crippen LogP contribution is -2.06. The maximum atomic E-state index is 11.3. The van der Waals surface area contributed by atoms with Gasteiger partial charge >= 0.3 is 5.97 Å². The highest BCUT2D eigenvalue weighted by Crippen LogP contribution is 2.20. The second-order valence-corrected chi connectivity index (χ2v) is 3.93. The average Bonchev–Trinajstić information content (AvgIpc) is 2.35. The number of rotatable bonds is 6. The van der Waals surface area contributed by atoms with Crippen molar-refractivity contribution in [3.8, 4) is 0 Å². The van der Waals surface area contributed by atoms with Gasteiger partial charge in [0.15, 0.2) is 0 Å². The summed E-state index contributed by atoms with van der Waals surface area (Å²) in [6, 6.07) is 5.16. The monoisotopic (exact) mass is 236 g/mol. The molecule has 1 aromatic carbocycles. The van der Waals surface area contributed by atoms with Gasteiger partial charge in [0, 0.05) is 6.54 Å². The van der Waals surface area contributed by atoms with Gasteiger partial charge in [-0.3, -0.25) is 0 Å². The Kier molecular flexibility index (Phi) is 5.33. The topological polar surface area (TPSA) is 64.3 Å². The maximum absolute atomic E-state index is 11.3. The van der Waals surface area contributed by atoms with Crippen LogP contribution >= 0.6 is 0 Å². The van der Waals surface area contributed by atoms with Crippen LogP contribution in [0.15, 0.2) is 18.2 Å². The van der Waals surface area contributed by atoms with Crippen LogP contribution in [0.5, 0.6) is 0 Å². The molecule has 0 radical (unpaired) electrons. The minimum absolute atomic E-state index is 0.366. The fourth-order valence-electron chi connectivity index (χ4n) is 1.57. The molecule has 0 aromatic heterocycles. The Hall–Kier alpha value is -1.71. The summed E-state index contributed by atoms with van der Waals surface area (Å²) in [4.78, 5) is 11.3. The molecule has 94 valence electrons. The van der Waals surface area contributed by atoms with E-state index in [1.165, 1.54) is 20.0 Å². The molecule has 4 nitrogen and oxygen atoms in total. The van der Waals surface area contributed by atoms with Gasteiger partial charge in [0.1, 0.15) is 0 Å². The summed E-state index contributed by atoms with van der Waals surface area (Å²) in [7, 11) is 1.36. The molecular weight excluding hydrogens is 216 g/mol. The number of nitrogens with two attached hydrogens (primary N) is 1. The SMILES string of the molecule is CCCCCNc1ccc(C(=O)OC)cc1N. The highest BCUT2D eigenvalue weighted by Gasteiger charge is 2.07. The molecule has 0 atom stereocenters. The summed E-state index contributed by atoms with van der Waals surface area (Å²) in [5.74, 6) is -0.366. The second-order valence-electron chi connectivity index (χ2n) is 3.93. The largest absolute Gasteiger partial charge is 0.465 e. The molecule has 0 aliphatic carbocycles. The van der Waals surface area contributed by atoms with Crippen molar-refractivity contribution in [2.45, 2.75) is 26.2 Å². The predicted molar refractivity (Wildman–Crippen MR) is 70.2 cm³/mol. The zero-order chi connectivity index (χ0) is 12.7. The van der Waals surface area contributed by atoms with E-state index in [1.807, 2.05) is 6.07 Å². The number of carbonyl (C=O) groups excluding carboxylic acids is 1. The second kappa shape index (κ2) is 6.78. The van der Waals surface area contributed by atoms with Crippen LogP contribution in [-0.4, -0.2) is 19.6 Å². The van der Waals surface area contributed by atoms with Crippen molar-refractivity contribution in [2.75, 3.05) is 24.7 Å². The van der Waals surface area contributed by atoms with Crippen molar-refractivity contribution in [2.24, 2.45) is 0 Å². The number of carbonyl (C=O) groups is 1. The predicted octanol–water partition coefficient (Wildman–Crippen LogP) is 2.66. The zero-order valence-corrected chi connectivity index (χ0v) is 10.5. The lowest BCUT2D eigenvalue weighted by Gasteiger charge is -2.10. The highest BCUT2D eigenvalue weighted by molar-refractivity contribution is 5.91. The first-order valence-electron chi connectivity index (χ1n) is 5.90. The van der Waals surface area contributed by atoms with Crippen LogP contribution in [-0.2, 0) is 4.74 Å². The van der Waals surface area contributed by atoms with Gasteiger partial charge in [-0.05, 0) is 24.6 Å². The van der Waals surface area contributed by atoms with Gasteiger partial charge in [-0.15, -0.1) is 0 Å². The Bertz CT molecular complexity index is 378. The van der Waals surface area contributed by atoms with E-state index in [0.717, 1.165) is 18.7 Å². The number of nitrogens with one attached hydrogen (secondary N) is 1. The van der Waals surface area contributed by atoms with Crippen LogP contribution in [0.3, 0.4) is 0 Å². The standard InChI is InChI=1S/C13H20N2O2/c1-3-4-5-8-15-12-7-6-10(9-11(12)14)13(16)17-2/h6-7,9,15H,3-5,8,14H2,1-2H3. The van der Waals surface area contributed by atoms with Gasteiger partial charge in [-0.1, -0.05) is 19.8 Å². The van der Waals surface area contributed by atoms with Crippen molar-refractivity contribution >= 4 is 17.3 Å². The number of nitrogen functional groups attached to an aromatic ring is 1. The van der Waals surface area contributed by atoms with Crippen molar-refractivity contribution in [3.63, 3.8) is 0 Å². The fraction of sp³-hybridized carbons (Fsp3) is 0.462. The molecule has 3 N–H and O–H groups in total. The minimum Gasteiger partial charge on any atom is -0.465 e. The first-order chi connectivity index (χ1) is 8.19. The molecule has 0 bridgehead atoms. The molecule has 0 heterocycles. The smallest absolute Gasteiger partial charge is 0.337 e. The third kappa shape index (κ3) is 3.98. The van der Waals surface area contributed by atoms with Crippen LogP contribution in [0.25, 0.3) is 0 Å². The zero-order valence-electron chi connectivity index (χ0n) is 10.5. The Morgan fingerprint density at radius 2 is 2.18 bits per heavy atom. The lowest BCUT2D eigenvalue weighted by molar-refractivity contribution is 0.0601. The van der Waals surface area contributed by atoms with E-state index in [4.69, 9.17) is 5.73 Å². The summed E-state index contributed by atoms with van der Waals surface area (Å²) in [5.41, 5.74) is 7.78. The number of unbranched alkanes of at least 4 members (excludes halogenated alkanes) is 2. The summed E-state index contributed by atoms with van der Waals surface area (Å²) >= 11 is 0. The van der Waals surface area contributed by atoms with Gasteiger partial charge in [-0.2, -0.15) is 0 Å². The van der Waals surface area contributed by atoms with Gasteiger partial charge in [0.05, 0.1) is 24.0 Å². The maximum Gasteiger partial charge on any atom is 0.337 e. The number of esters is 1. The van der Waals surface area contributed by atoms with E-state index in [9.17, 15) is 4.79 Å². The van der Waals surface area contributed by atoms with Gasteiger partial charge in [-0.25, -0.2) is 4.79 Å². The van der Waals surface area contributed by atoms with E-state index in [2.05, 4.69) is 17.0 Å². The fourth-order valence-corrected chi connectivity index (χ4v) is 1.57. The van der Waals surface area contributed by atoms with Crippen LogP contribution in [0.4, 0.5) is 11.4 Å². The summed E-state index contributed by atoms with van der Waals surface area (Å²) in [5, 5.41) is 3.25. The van der Waals surface area contributed by atoms with Crippen LogP contribution in [0, 0.1) is 0 Å². The van der Waals surface area contributed by atoms with Gasteiger partial charge in [0.2, 0.25) is 0 Å². The van der Waals surface area contributed by atoms with Crippen molar-refractivity contribution < 1.29 is 9.53 Å².